The Labute approximate surface area is 175 Å². The Bertz CT molecular complexity index is 1210. The number of nitrogen functional groups attached to an aromatic ring is 1. The third kappa shape index (κ3) is 3.52. The van der Waals surface area contributed by atoms with Crippen molar-refractivity contribution in [3.05, 3.63) is 36.5 Å². The van der Waals surface area contributed by atoms with Gasteiger partial charge in [-0.05, 0) is 50.1 Å². The molecule has 9 nitrogen and oxygen atoms in total. The SMILES string of the molecule is CC(=N)C1(n2c(N)cc3cnc(Nc4ccc(S(N)(=O)=O)cc4)nc32)CCCCC1. The minimum atomic E-state index is -3.75. The van der Waals surface area contributed by atoms with Crippen LogP contribution in [0.3, 0.4) is 0 Å². The number of sulfonamides is 1. The van der Waals surface area contributed by atoms with Gasteiger partial charge in [-0.3, -0.25) is 0 Å². The van der Waals surface area contributed by atoms with Crippen molar-refractivity contribution < 1.29 is 8.42 Å². The second kappa shape index (κ2) is 7.37. The van der Waals surface area contributed by atoms with E-state index in [1.165, 1.54) is 12.1 Å². The summed E-state index contributed by atoms with van der Waals surface area (Å²) in [6.45, 7) is 1.84. The molecule has 3 aromatic rings. The summed E-state index contributed by atoms with van der Waals surface area (Å²) in [6.07, 6.45) is 6.66. The molecule has 0 aliphatic heterocycles. The molecule has 0 spiro atoms. The van der Waals surface area contributed by atoms with Crippen LogP contribution in [0, 0.1) is 5.41 Å². The van der Waals surface area contributed by atoms with Crippen LogP contribution in [0.1, 0.15) is 39.0 Å². The van der Waals surface area contributed by atoms with Crippen molar-refractivity contribution in [3.63, 3.8) is 0 Å². The number of nitrogens with zero attached hydrogens (tertiary/aromatic N) is 3. The molecule has 10 heteroatoms. The Morgan fingerprint density at radius 3 is 2.47 bits per heavy atom. The summed E-state index contributed by atoms with van der Waals surface area (Å²) in [6, 6.07) is 7.90. The molecule has 2 heterocycles. The summed E-state index contributed by atoms with van der Waals surface area (Å²) >= 11 is 0. The van der Waals surface area contributed by atoms with Gasteiger partial charge in [-0.2, -0.15) is 4.98 Å². The first-order chi connectivity index (χ1) is 14.2. The van der Waals surface area contributed by atoms with Crippen LogP contribution in [0.2, 0.25) is 0 Å². The van der Waals surface area contributed by atoms with E-state index in [0.29, 0.717) is 28.8 Å². The summed E-state index contributed by atoms with van der Waals surface area (Å²) in [5.41, 5.74) is 7.80. The number of primary sulfonamides is 1. The van der Waals surface area contributed by atoms with Gasteiger partial charge in [-0.1, -0.05) is 19.3 Å². The van der Waals surface area contributed by atoms with Crippen LogP contribution in [-0.4, -0.2) is 28.7 Å². The minimum absolute atomic E-state index is 0.0340. The number of hydrogen-bond acceptors (Lipinski definition) is 7. The maximum atomic E-state index is 11.4. The van der Waals surface area contributed by atoms with Gasteiger partial charge in [0, 0.05) is 23.0 Å². The lowest BCUT2D eigenvalue weighted by Crippen LogP contribution is -2.42. The lowest BCUT2D eigenvalue weighted by Gasteiger charge is -2.39. The smallest absolute Gasteiger partial charge is 0.238 e. The molecule has 1 fully saturated rings. The Balaban J connectivity index is 1.74. The number of nitrogens with two attached hydrogens (primary N) is 2. The highest BCUT2D eigenvalue weighted by Crippen LogP contribution is 2.40. The molecule has 30 heavy (non-hydrogen) atoms. The van der Waals surface area contributed by atoms with Crippen LogP contribution in [0.25, 0.3) is 11.0 Å². The van der Waals surface area contributed by atoms with E-state index < -0.39 is 15.6 Å². The van der Waals surface area contributed by atoms with Gasteiger partial charge in [0.1, 0.15) is 11.5 Å². The monoisotopic (exact) mass is 427 g/mol. The van der Waals surface area contributed by atoms with Gasteiger partial charge < -0.3 is 21.0 Å². The van der Waals surface area contributed by atoms with Gasteiger partial charge in [0.05, 0.1) is 10.4 Å². The van der Waals surface area contributed by atoms with Crippen molar-refractivity contribution in [2.45, 2.75) is 49.5 Å². The predicted molar refractivity (Wildman–Crippen MR) is 117 cm³/mol. The summed E-state index contributed by atoms with van der Waals surface area (Å²) in [5.74, 6) is 0.932. The highest BCUT2D eigenvalue weighted by molar-refractivity contribution is 7.89. The maximum Gasteiger partial charge on any atom is 0.238 e. The van der Waals surface area contributed by atoms with Crippen molar-refractivity contribution >= 4 is 44.2 Å². The lowest BCUT2D eigenvalue weighted by molar-refractivity contribution is 0.289. The van der Waals surface area contributed by atoms with E-state index in [9.17, 15) is 8.42 Å². The number of fused-ring (bicyclic) bond motifs is 1. The number of anilines is 3. The van der Waals surface area contributed by atoms with Crippen molar-refractivity contribution in [1.82, 2.24) is 14.5 Å². The molecular formula is C20H25N7O2S. The fourth-order valence-electron chi connectivity index (χ4n) is 4.28. The Morgan fingerprint density at radius 1 is 1.20 bits per heavy atom. The molecule has 0 amide bonds. The van der Waals surface area contributed by atoms with E-state index in [0.717, 1.165) is 37.5 Å². The molecule has 0 atom stereocenters. The summed E-state index contributed by atoms with van der Waals surface area (Å²) < 4.78 is 24.8. The Morgan fingerprint density at radius 2 is 1.87 bits per heavy atom. The van der Waals surface area contributed by atoms with Gasteiger partial charge in [0.25, 0.3) is 0 Å². The predicted octanol–water partition coefficient (Wildman–Crippen LogP) is 3.10. The first-order valence-corrected chi connectivity index (χ1v) is 11.4. The Kier molecular flexibility index (Phi) is 4.99. The molecule has 1 saturated carbocycles. The molecule has 0 radical (unpaired) electrons. The van der Waals surface area contributed by atoms with E-state index in [1.54, 1.807) is 18.3 Å². The van der Waals surface area contributed by atoms with Crippen molar-refractivity contribution in [2.24, 2.45) is 5.14 Å². The largest absolute Gasteiger partial charge is 0.385 e. The highest BCUT2D eigenvalue weighted by Gasteiger charge is 2.38. The van der Waals surface area contributed by atoms with Crippen molar-refractivity contribution in [1.29, 1.82) is 5.41 Å². The molecular weight excluding hydrogens is 402 g/mol. The first kappa shape index (κ1) is 20.3. The number of aromatic nitrogens is 3. The fraction of sp³-hybridized carbons (Fsp3) is 0.350. The van der Waals surface area contributed by atoms with E-state index in [2.05, 4.69) is 15.3 Å². The normalized spacial score (nSPS) is 16.5. The van der Waals surface area contributed by atoms with Crippen LogP contribution in [0.15, 0.2) is 41.4 Å². The van der Waals surface area contributed by atoms with Crippen LogP contribution >= 0.6 is 0 Å². The first-order valence-electron chi connectivity index (χ1n) is 9.81. The van der Waals surface area contributed by atoms with Crippen molar-refractivity contribution in [3.8, 4) is 0 Å². The van der Waals surface area contributed by atoms with Crippen LogP contribution in [0.5, 0.6) is 0 Å². The maximum absolute atomic E-state index is 11.4. The number of benzene rings is 1. The van der Waals surface area contributed by atoms with Gasteiger partial charge in [-0.25, -0.2) is 18.5 Å². The molecule has 4 rings (SSSR count). The van der Waals surface area contributed by atoms with E-state index in [1.807, 2.05) is 17.6 Å². The zero-order valence-electron chi connectivity index (χ0n) is 16.7. The Hall–Kier alpha value is -2.98. The van der Waals surface area contributed by atoms with E-state index >= 15 is 0 Å². The second-order valence-corrected chi connectivity index (χ2v) is 9.35. The molecule has 0 bridgehead atoms. The standard InChI is InChI=1S/C20H25N7O2S/c1-13(21)20(9-3-2-4-10-20)27-17(22)11-14-12-24-19(26-18(14)27)25-15-5-7-16(8-6-15)30(23,28)29/h5-8,11-12,21H,2-4,9-10,22H2,1H3,(H2,23,28,29)(H,24,25,26). The summed E-state index contributed by atoms with van der Waals surface area (Å²) in [7, 11) is -3.75. The van der Waals surface area contributed by atoms with Crippen molar-refractivity contribution in [2.75, 3.05) is 11.1 Å². The highest BCUT2D eigenvalue weighted by atomic mass is 32.2. The molecule has 0 unspecified atom stereocenters. The third-order valence-corrected chi connectivity index (χ3v) is 6.74. The zero-order chi connectivity index (χ0) is 21.5. The van der Waals surface area contributed by atoms with Crippen LogP contribution in [0.4, 0.5) is 17.5 Å². The quantitative estimate of drug-likeness (QED) is 0.459. The number of rotatable bonds is 5. The van der Waals surface area contributed by atoms with Crippen LogP contribution < -0.4 is 16.2 Å². The zero-order valence-corrected chi connectivity index (χ0v) is 17.5. The number of nitrogens with one attached hydrogen (secondary N) is 2. The molecule has 1 aliphatic carbocycles. The third-order valence-electron chi connectivity index (χ3n) is 5.82. The van der Waals surface area contributed by atoms with Gasteiger partial charge in [0.2, 0.25) is 16.0 Å². The van der Waals surface area contributed by atoms with Gasteiger partial charge >= 0.3 is 0 Å². The second-order valence-electron chi connectivity index (χ2n) is 7.79. The molecule has 1 aliphatic rings. The number of hydrogen-bond donors (Lipinski definition) is 4. The van der Waals surface area contributed by atoms with Crippen LogP contribution in [-0.2, 0) is 15.6 Å². The molecule has 2 aromatic heterocycles. The van der Waals surface area contributed by atoms with E-state index in [4.69, 9.17) is 16.3 Å². The fourth-order valence-corrected chi connectivity index (χ4v) is 4.79. The average Bonchev–Trinajstić information content (AvgIpc) is 3.03. The van der Waals surface area contributed by atoms with E-state index in [-0.39, 0.29) is 4.90 Å². The van der Waals surface area contributed by atoms with Gasteiger partial charge in [0.15, 0.2) is 0 Å². The molecule has 6 N–H and O–H groups in total. The summed E-state index contributed by atoms with van der Waals surface area (Å²) in [5, 5.41) is 17.5. The summed E-state index contributed by atoms with van der Waals surface area (Å²) in [4.78, 5) is 9.07. The lowest BCUT2D eigenvalue weighted by atomic mass is 9.78. The molecule has 0 saturated heterocycles. The van der Waals surface area contributed by atoms with Gasteiger partial charge in [-0.15, -0.1) is 0 Å². The molecule has 158 valence electrons. The minimum Gasteiger partial charge on any atom is -0.385 e. The topological polar surface area (TPSA) is 153 Å². The average molecular weight is 428 g/mol. The molecule has 1 aromatic carbocycles.